The van der Waals surface area contributed by atoms with Gasteiger partial charge in [0.1, 0.15) is 11.5 Å². The number of rotatable bonds is 3. The van der Waals surface area contributed by atoms with Gasteiger partial charge in [0.15, 0.2) is 0 Å². The van der Waals surface area contributed by atoms with Gasteiger partial charge >= 0.3 is 0 Å². The first-order chi connectivity index (χ1) is 11.4. The molecule has 1 aromatic carbocycles. The maximum absolute atomic E-state index is 12.4. The third kappa shape index (κ3) is 2.39. The highest BCUT2D eigenvalue weighted by Gasteiger charge is 2.60. The molecule has 4 nitrogen and oxygen atoms in total. The fourth-order valence-corrected chi connectivity index (χ4v) is 4.89. The van der Waals surface area contributed by atoms with Gasteiger partial charge in [-0.05, 0) is 63.0 Å². The molecule has 0 amide bonds. The van der Waals surface area contributed by atoms with Crippen LogP contribution >= 0.6 is 0 Å². The molecular formula is C20H29NO3. The third-order valence-electron chi connectivity index (χ3n) is 6.57. The standard InChI is InChI=1S/C20H29NO3/c1-5-15-6-7-17(24-4)12-18(15)19-10-11-21(3)14(2)20(19,23)9-8-16(22)13-19/h6-7,12,14,23H,5,8-11,13H2,1-4H3/t14?,19-,20-/m1/s1. The van der Waals surface area contributed by atoms with Crippen LogP contribution in [0.2, 0.25) is 0 Å². The van der Waals surface area contributed by atoms with E-state index in [1.165, 1.54) is 5.56 Å². The number of fused-ring (bicyclic) bond motifs is 1. The van der Waals surface area contributed by atoms with Gasteiger partial charge in [-0.3, -0.25) is 4.79 Å². The van der Waals surface area contributed by atoms with Gasteiger partial charge in [-0.1, -0.05) is 13.0 Å². The maximum atomic E-state index is 12.4. The molecule has 0 bridgehead atoms. The summed E-state index contributed by atoms with van der Waals surface area (Å²) in [7, 11) is 3.73. The van der Waals surface area contributed by atoms with Gasteiger partial charge in [-0.25, -0.2) is 0 Å². The zero-order valence-corrected chi connectivity index (χ0v) is 15.3. The lowest BCUT2D eigenvalue weighted by atomic mass is 9.53. The molecule has 2 aliphatic rings. The highest BCUT2D eigenvalue weighted by Crippen LogP contribution is 2.54. The Kier molecular flexibility index (Phi) is 4.47. The second kappa shape index (κ2) is 6.16. The van der Waals surface area contributed by atoms with Crippen molar-refractivity contribution in [2.24, 2.45) is 0 Å². The van der Waals surface area contributed by atoms with E-state index >= 15 is 0 Å². The average molecular weight is 331 g/mol. The van der Waals surface area contributed by atoms with Crippen molar-refractivity contribution in [2.75, 3.05) is 20.7 Å². The number of hydrogen-bond donors (Lipinski definition) is 1. The number of nitrogens with zero attached hydrogens (tertiary/aromatic N) is 1. The van der Waals surface area contributed by atoms with E-state index in [9.17, 15) is 9.90 Å². The lowest BCUT2D eigenvalue weighted by Crippen LogP contribution is -2.69. The molecule has 2 fully saturated rings. The SMILES string of the molecule is CCc1ccc(OC)cc1[C@]12CCN(C)C(C)[C@]1(O)CCC(=O)C2. The lowest BCUT2D eigenvalue weighted by molar-refractivity contribution is -0.161. The Hall–Kier alpha value is -1.39. The van der Waals surface area contributed by atoms with Gasteiger partial charge in [0.25, 0.3) is 0 Å². The van der Waals surface area contributed by atoms with Crippen LogP contribution in [-0.2, 0) is 16.6 Å². The second-order valence-corrected chi connectivity index (χ2v) is 7.51. The van der Waals surface area contributed by atoms with Crippen molar-refractivity contribution in [3.05, 3.63) is 29.3 Å². The van der Waals surface area contributed by atoms with E-state index < -0.39 is 11.0 Å². The van der Waals surface area contributed by atoms with Gasteiger partial charge in [0.2, 0.25) is 0 Å². The lowest BCUT2D eigenvalue weighted by Gasteiger charge is -2.59. The first-order valence-electron chi connectivity index (χ1n) is 8.99. The van der Waals surface area contributed by atoms with Crippen LogP contribution in [-0.4, -0.2) is 48.1 Å². The zero-order valence-electron chi connectivity index (χ0n) is 15.3. The minimum Gasteiger partial charge on any atom is -0.497 e. The molecule has 132 valence electrons. The van der Waals surface area contributed by atoms with Crippen LogP contribution in [0.4, 0.5) is 0 Å². The maximum Gasteiger partial charge on any atom is 0.134 e. The largest absolute Gasteiger partial charge is 0.497 e. The Morgan fingerprint density at radius 2 is 2.12 bits per heavy atom. The monoisotopic (exact) mass is 331 g/mol. The normalized spacial score (nSPS) is 34.0. The molecule has 0 radical (unpaired) electrons. The molecule has 3 atom stereocenters. The van der Waals surface area contributed by atoms with Gasteiger partial charge < -0.3 is 14.7 Å². The Labute approximate surface area is 144 Å². The molecule has 1 aromatic rings. The minimum absolute atomic E-state index is 0.0234. The summed E-state index contributed by atoms with van der Waals surface area (Å²) in [5, 5.41) is 11.8. The molecule has 24 heavy (non-hydrogen) atoms. The molecule has 1 heterocycles. The molecule has 0 spiro atoms. The molecule has 1 aliphatic carbocycles. The van der Waals surface area contributed by atoms with E-state index in [4.69, 9.17) is 4.74 Å². The highest BCUT2D eigenvalue weighted by atomic mass is 16.5. The molecule has 1 unspecified atom stereocenters. The predicted octanol–water partition coefficient (Wildman–Crippen LogP) is 2.70. The number of hydrogen-bond acceptors (Lipinski definition) is 4. The van der Waals surface area contributed by atoms with Crippen molar-refractivity contribution >= 4 is 5.78 Å². The molecule has 0 aromatic heterocycles. The first-order valence-corrected chi connectivity index (χ1v) is 8.99. The summed E-state index contributed by atoms with van der Waals surface area (Å²) in [6, 6.07) is 6.14. The number of piperidine rings is 1. The summed E-state index contributed by atoms with van der Waals surface area (Å²) in [6.45, 7) is 5.11. The summed E-state index contributed by atoms with van der Waals surface area (Å²) >= 11 is 0. The van der Waals surface area contributed by atoms with Crippen LogP contribution in [0.1, 0.15) is 50.7 Å². The molecule has 3 rings (SSSR count). The molecular weight excluding hydrogens is 302 g/mol. The number of methoxy groups -OCH3 is 1. The minimum atomic E-state index is -0.885. The number of likely N-dealkylation sites (tertiary alicyclic amines) is 1. The van der Waals surface area contributed by atoms with Crippen LogP contribution in [0.3, 0.4) is 0 Å². The van der Waals surface area contributed by atoms with Crippen LogP contribution < -0.4 is 4.74 Å². The van der Waals surface area contributed by atoms with Crippen molar-refractivity contribution in [1.82, 2.24) is 4.90 Å². The third-order valence-corrected chi connectivity index (χ3v) is 6.57. The van der Waals surface area contributed by atoms with Crippen molar-refractivity contribution < 1.29 is 14.6 Å². The van der Waals surface area contributed by atoms with E-state index in [1.54, 1.807) is 7.11 Å². The van der Waals surface area contributed by atoms with Gasteiger partial charge in [0.05, 0.1) is 12.7 Å². The number of aliphatic hydroxyl groups is 1. The smallest absolute Gasteiger partial charge is 0.134 e. The molecule has 1 N–H and O–H groups in total. The molecule has 1 aliphatic heterocycles. The van der Waals surface area contributed by atoms with Crippen LogP contribution in [0.25, 0.3) is 0 Å². The fourth-order valence-electron chi connectivity index (χ4n) is 4.89. The number of carbonyl (C=O) groups excluding carboxylic acids is 1. The number of benzene rings is 1. The Morgan fingerprint density at radius 1 is 1.38 bits per heavy atom. The summed E-state index contributed by atoms with van der Waals surface area (Å²) in [4.78, 5) is 14.6. The van der Waals surface area contributed by atoms with Crippen molar-refractivity contribution in [3.8, 4) is 5.75 Å². The van der Waals surface area contributed by atoms with Gasteiger partial charge in [-0.2, -0.15) is 0 Å². The summed E-state index contributed by atoms with van der Waals surface area (Å²) in [5.74, 6) is 1.06. The zero-order chi connectivity index (χ0) is 17.5. The van der Waals surface area contributed by atoms with Crippen LogP contribution in [0.5, 0.6) is 5.75 Å². The van der Waals surface area contributed by atoms with Gasteiger partial charge in [-0.15, -0.1) is 0 Å². The van der Waals surface area contributed by atoms with E-state index in [-0.39, 0.29) is 11.8 Å². The second-order valence-electron chi connectivity index (χ2n) is 7.51. The van der Waals surface area contributed by atoms with Crippen molar-refractivity contribution in [2.45, 2.75) is 63.0 Å². The summed E-state index contributed by atoms with van der Waals surface area (Å²) < 4.78 is 5.45. The average Bonchev–Trinajstić information content (AvgIpc) is 2.60. The summed E-state index contributed by atoms with van der Waals surface area (Å²) in [6.07, 6.45) is 3.13. The van der Waals surface area contributed by atoms with E-state index in [1.807, 2.05) is 6.07 Å². The molecule has 1 saturated heterocycles. The fraction of sp³-hybridized carbons (Fsp3) is 0.650. The number of Topliss-reactive ketones (excluding diaryl/α,β-unsaturated/α-hetero) is 1. The van der Waals surface area contributed by atoms with E-state index in [0.29, 0.717) is 19.3 Å². The number of ether oxygens (including phenoxy) is 1. The van der Waals surface area contributed by atoms with Gasteiger partial charge in [0, 0.05) is 24.3 Å². The quantitative estimate of drug-likeness (QED) is 0.925. The van der Waals surface area contributed by atoms with Crippen molar-refractivity contribution in [1.29, 1.82) is 0 Å². The Morgan fingerprint density at radius 3 is 2.79 bits per heavy atom. The molecule has 1 saturated carbocycles. The van der Waals surface area contributed by atoms with Crippen LogP contribution in [0, 0.1) is 0 Å². The number of aryl methyl sites for hydroxylation is 1. The number of carbonyl (C=O) groups is 1. The molecule has 4 heteroatoms. The topological polar surface area (TPSA) is 49.8 Å². The Bertz CT molecular complexity index is 644. The predicted molar refractivity (Wildman–Crippen MR) is 94.6 cm³/mol. The highest BCUT2D eigenvalue weighted by molar-refractivity contribution is 5.82. The number of likely N-dealkylation sites (N-methyl/N-ethyl adjacent to an activating group) is 1. The van der Waals surface area contributed by atoms with E-state index in [0.717, 1.165) is 30.7 Å². The number of ketones is 1. The van der Waals surface area contributed by atoms with E-state index in [2.05, 4.69) is 37.9 Å². The Balaban J connectivity index is 2.22. The van der Waals surface area contributed by atoms with Crippen LogP contribution in [0.15, 0.2) is 18.2 Å². The summed E-state index contributed by atoms with van der Waals surface area (Å²) in [5.41, 5.74) is 0.929. The first kappa shape index (κ1) is 17.4. The van der Waals surface area contributed by atoms with Crippen molar-refractivity contribution in [3.63, 3.8) is 0 Å².